The van der Waals surface area contributed by atoms with Crippen LogP contribution in [-0.2, 0) is 4.79 Å². The van der Waals surface area contributed by atoms with Crippen molar-refractivity contribution in [3.05, 3.63) is 56.9 Å². The summed E-state index contributed by atoms with van der Waals surface area (Å²) in [5.74, 6) is 0.954. The van der Waals surface area contributed by atoms with E-state index in [2.05, 4.69) is 10.3 Å². The summed E-state index contributed by atoms with van der Waals surface area (Å²) >= 11 is 7.58. The van der Waals surface area contributed by atoms with Crippen LogP contribution in [0.5, 0.6) is 11.5 Å². The van der Waals surface area contributed by atoms with Gasteiger partial charge in [-0.1, -0.05) is 29.8 Å². The van der Waals surface area contributed by atoms with Gasteiger partial charge in [0.15, 0.2) is 16.7 Å². The lowest BCUT2D eigenvalue weighted by atomic mass is 10.1. The Balaban J connectivity index is 1.63. The van der Waals surface area contributed by atoms with E-state index in [1.165, 1.54) is 11.8 Å². The number of benzene rings is 2. The number of nitrogens with one attached hydrogen (secondary N) is 1. The first kappa shape index (κ1) is 17.9. The van der Waals surface area contributed by atoms with Crippen LogP contribution in [0.2, 0.25) is 5.02 Å². The number of carbonyl (C=O) groups is 1. The Morgan fingerprint density at radius 1 is 1.19 bits per heavy atom. The van der Waals surface area contributed by atoms with Crippen molar-refractivity contribution in [1.82, 2.24) is 5.32 Å². The number of amidine groups is 1. The predicted octanol–water partition coefficient (Wildman–Crippen LogP) is 4.62. The third-order valence-electron chi connectivity index (χ3n) is 4.22. The van der Waals surface area contributed by atoms with Crippen LogP contribution in [0.25, 0.3) is 6.08 Å². The molecule has 0 bridgehead atoms. The first-order chi connectivity index (χ1) is 13.0. The fourth-order valence-corrected chi connectivity index (χ4v) is 4.03. The average molecular weight is 401 g/mol. The van der Waals surface area contributed by atoms with Crippen LogP contribution < -0.4 is 14.8 Å². The smallest absolute Gasteiger partial charge is 0.264 e. The van der Waals surface area contributed by atoms with Crippen molar-refractivity contribution in [2.75, 3.05) is 13.2 Å². The van der Waals surface area contributed by atoms with Crippen molar-refractivity contribution in [2.24, 2.45) is 4.99 Å². The number of thioether (sulfide) groups is 1. The molecule has 0 unspecified atom stereocenters. The summed E-state index contributed by atoms with van der Waals surface area (Å²) in [6.45, 7) is 4.96. The van der Waals surface area contributed by atoms with Gasteiger partial charge in [-0.2, -0.15) is 0 Å². The van der Waals surface area contributed by atoms with E-state index in [1.54, 1.807) is 12.1 Å². The molecule has 2 aromatic rings. The molecule has 1 N–H and O–H groups in total. The third-order valence-corrected chi connectivity index (χ3v) is 5.41. The molecule has 4 rings (SSSR count). The number of fused-ring (bicyclic) bond motifs is 1. The molecule has 0 aliphatic carbocycles. The van der Waals surface area contributed by atoms with Gasteiger partial charge in [-0.3, -0.25) is 4.79 Å². The molecule has 0 radical (unpaired) electrons. The molecule has 0 aromatic heterocycles. The maximum Gasteiger partial charge on any atom is 0.264 e. The fourth-order valence-electron chi connectivity index (χ4n) is 2.93. The van der Waals surface area contributed by atoms with Gasteiger partial charge in [0, 0.05) is 0 Å². The first-order valence-corrected chi connectivity index (χ1v) is 9.65. The van der Waals surface area contributed by atoms with Crippen molar-refractivity contribution in [2.45, 2.75) is 13.8 Å². The summed E-state index contributed by atoms with van der Waals surface area (Å²) in [6.07, 6.45) is 1.78. The maximum absolute atomic E-state index is 12.4. The Kier molecular flexibility index (Phi) is 4.85. The number of hydrogen-bond acceptors (Lipinski definition) is 5. The van der Waals surface area contributed by atoms with Crippen molar-refractivity contribution in [3.8, 4) is 11.5 Å². The van der Waals surface area contributed by atoms with Crippen LogP contribution >= 0.6 is 23.4 Å². The number of nitrogens with zero attached hydrogens (tertiary/aromatic N) is 1. The molecule has 2 heterocycles. The van der Waals surface area contributed by atoms with E-state index in [4.69, 9.17) is 21.1 Å². The number of para-hydroxylation sites is 1. The molecule has 138 valence electrons. The highest BCUT2D eigenvalue weighted by atomic mass is 35.5. The van der Waals surface area contributed by atoms with E-state index in [1.807, 2.05) is 38.1 Å². The second kappa shape index (κ2) is 7.29. The average Bonchev–Trinajstić information content (AvgIpc) is 2.98. The van der Waals surface area contributed by atoms with Crippen LogP contribution in [0, 0.1) is 13.8 Å². The van der Waals surface area contributed by atoms with Gasteiger partial charge in [-0.15, -0.1) is 0 Å². The number of aryl methyl sites for hydroxylation is 2. The molecule has 0 saturated carbocycles. The molecule has 7 heteroatoms. The topological polar surface area (TPSA) is 59.9 Å². The predicted molar refractivity (Wildman–Crippen MR) is 109 cm³/mol. The zero-order valence-corrected chi connectivity index (χ0v) is 16.4. The van der Waals surface area contributed by atoms with Crippen LogP contribution in [0.4, 0.5) is 5.69 Å². The molecule has 5 nitrogen and oxygen atoms in total. The van der Waals surface area contributed by atoms with Gasteiger partial charge in [0.2, 0.25) is 0 Å². The zero-order valence-electron chi connectivity index (χ0n) is 14.8. The minimum absolute atomic E-state index is 0.184. The van der Waals surface area contributed by atoms with Crippen LogP contribution in [0.1, 0.15) is 16.7 Å². The van der Waals surface area contributed by atoms with Gasteiger partial charge in [-0.25, -0.2) is 4.99 Å². The zero-order chi connectivity index (χ0) is 19.0. The molecular formula is C20H17ClN2O3S. The molecule has 1 amide bonds. The molecule has 0 atom stereocenters. The number of rotatable bonds is 2. The van der Waals surface area contributed by atoms with Crippen LogP contribution in [0.15, 0.2) is 40.2 Å². The molecule has 0 spiro atoms. The summed E-state index contributed by atoms with van der Waals surface area (Å²) in [4.78, 5) is 17.5. The fraction of sp³-hybridized carbons (Fsp3) is 0.200. The number of amides is 1. The lowest BCUT2D eigenvalue weighted by molar-refractivity contribution is -0.115. The van der Waals surface area contributed by atoms with Crippen molar-refractivity contribution in [3.63, 3.8) is 0 Å². The van der Waals surface area contributed by atoms with Gasteiger partial charge in [0.25, 0.3) is 5.91 Å². The number of aliphatic imine (C=N–C) groups is 1. The molecular weight excluding hydrogens is 384 g/mol. The van der Waals surface area contributed by atoms with Gasteiger partial charge in [0.05, 0.1) is 15.6 Å². The molecule has 27 heavy (non-hydrogen) atoms. The standard InChI is InChI=1S/C20H17ClN2O3S/c1-11-4-3-5-12(2)17(11)22-20-23-19(24)16(27-20)10-13-8-14(21)18-15(9-13)25-6-7-26-18/h3-5,8-10H,6-7H2,1-2H3,(H,22,23,24)/b16-10+. The molecule has 2 aromatic carbocycles. The molecule has 2 aliphatic heterocycles. The van der Waals surface area contributed by atoms with Crippen molar-refractivity contribution >= 4 is 46.2 Å². The second-order valence-corrected chi connectivity index (χ2v) is 7.69. The van der Waals surface area contributed by atoms with Gasteiger partial charge in [-0.05, 0) is 60.5 Å². The highest BCUT2D eigenvalue weighted by Gasteiger charge is 2.25. The quantitative estimate of drug-likeness (QED) is 0.747. The van der Waals surface area contributed by atoms with E-state index in [-0.39, 0.29) is 5.91 Å². The summed E-state index contributed by atoms with van der Waals surface area (Å²) in [5.41, 5.74) is 3.78. The maximum atomic E-state index is 12.4. The normalized spacial score (nSPS) is 18.9. The third kappa shape index (κ3) is 3.68. The number of halogens is 1. The van der Waals surface area contributed by atoms with Gasteiger partial charge in [0.1, 0.15) is 13.2 Å². The number of carbonyl (C=O) groups excluding carboxylic acids is 1. The van der Waals surface area contributed by atoms with Crippen molar-refractivity contribution < 1.29 is 14.3 Å². The van der Waals surface area contributed by atoms with Gasteiger partial charge < -0.3 is 14.8 Å². The largest absolute Gasteiger partial charge is 0.486 e. The Bertz CT molecular complexity index is 981. The molecule has 1 fully saturated rings. The highest BCUT2D eigenvalue weighted by molar-refractivity contribution is 8.18. The summed E-state index contributed by atoms with van der Waals surface area (Å²) in [6, 6.07) is 9.58. The lowest BCUT2D eigenvalue weighted by Crippen LogP contribution is -2.19. The first-order valence-electron chi connectivity index (χ1n) is 8.46. The van der Waals surface area contributed by atoms with Gasteiger partial charge >= 0.3 is 0 Å². The lowest BCUT2D eigenvalue weighted by Gasteiger charge is -2.19. The van der Waals surface area contributed by atoms with Crippen LogP contribution in [0.3, 0.4) is 0 Å². The van der Waals surface area contributed by atoms with E-state index in [0.29, 0.717) is 39.8 Å². The van der Waals surface area contributed by atoms with Crippen LogP contribution in [-0.4, -0.2) is 24.3 Å². The number of hydrogen-bond donors (Lipinski definition) is 1. The summed E-state index contributed by atoms with van der Waals surface area (Å²) in [5, 5.41) is 3.85. The Hall–Kier alpha value is -2.44. The van der Waals surface area contributed by atoms with E-state index < -0.39 is 0 Å². The minimum Gasteiger partial charge on any atom is -0.486 e. The number of ether oxygens (including phenoxy) is 2. The summed E-state index contributed by atoms with van der Waals surface area (Å²) in [7, 11) is 0. The second-order valence-electron chi connectivity index (χ2n) is 6.25. The Labute approximate surface area is 166 Å². The van der Waals surface area contributed by atoms with E-state index in [0.717, 1.165) is 22.4 Å². The molecule has 1 saturated heterocycles. The van der Waals surface area contributed by atoms with Crippen molar-refractivity contribution in [1.29, 1.82) is 0 Å². The Morgan fingerprint density at radius 3 is 2.70 bits per heavy atom. The van der Waals surface area contributed by atoms with E-state index >= 15 is 0 Å². The SMILES string of the molecule is Cc1cccc(C)c1N=C1NC(=O)/C(=C\c2cc(Cl)c3c(c2)OCCO3)S1. The van der Waals surface area contributed by atoms with E-state index in [9.17, 15) is 4.79 Å². The highest BCUT2D eigenvalue weighted by Crippen LogP contribution is 2.39. The monoisotopic (exact) mass is 400 g/mol. The Morgan fingerprint density at radius 2 is 1.93 bits per heavy atom. The summed E-state index contributed by atoms with van der Waals surface area (Å²) < 4.78 is 11.1. The minimum atomic E-state index is -0.184. The molecule has 2 aliphatic rings.